The largest absolute Gasteiger partial charge is 0.464 e. The van der Waals surface area contributed by atoms with Gasteiger partial charge in [-0.2, -0.15) is 0 Å². The van der Waals surface area contributed by atoms with Gasteiger partial charge in [0.2, 0.25) is 0 Å². The molecule has 152 valence electrons. The van der Waals surface area contributed by atoms with E-state index in [9.17, 15) is 9.59 Å². The molecule has 1 heterocycles. The molecule has 0 bridgehead atoms. The van der Waals surface area contributed by atoms with Crippen LogP contribution in [-0.2, 0) is 32.1 Å². The van der Waals surface area contributed by atoms with Crippen LogP contribution in [0, 0.1) is 0 Å². The highest BCUT2D eigenvalue weighted by Crippen LogP contribution is 2.31. The molecule has 29 heavy (non-hydrogen) atoms. The lowest BCUT2D eigenvalue weighted by Crippen LogP contribution is -2.34. The summed E-state index contributed by atoms with van der Waals surface area (Å²) in [6, 6.07) is 12.4. The van der Waals surface area contributed by atoms with Gasteiger partial charge < -0.3 is 20.2 Å². The number of hydrogen-bond donors (Lipinski definition) is 2. The van der Waals surface area contributed by atoms with Crippen molar-refractivity contribution >= 4 is 54.7 Å². The summed E-state index contributed by atoms with van der Waals surface area (Å²) in [5.74, 6) is -0.982. The second-order valence-corrected chi connectivity index (χ2v) is 8.27. The molecular formula is C21H20Br2N2O4. The number of rotatable bonds is 8. The lowest BCUT2D eigenvalue weighted by atomic mass is 10.1. The highest BCUT2D eigenvalue weighted by atomic mass is 79.9. The minimum atomic E-state index is -0.829. The topological polar surface area (TPSA) is 94.4 Å². The maximum Gasteiger partial charge on any atom is 0.323 e. The van der Waals surface area contributed by atoms with Crippen LogP contribution < -0.4 is 5.73 Å². The first-order valence-corrected chi connectivity index (χ1v) is 10.6. The predicted octanol–water partition coefficient (Wildman–Crippen LogP) is 4.24. The molecule has 1 aromatic heterocycles. The Hall–Kier alpha value is -2.16. The number of H-pyrrole nitrogens is 1. The zero-order valence-electron chi connectivity index (χ0n) is 15.5. The van der Waals surface area contributed by atoms with E-state index in [4.69, 9.17) is 15.2 Å². The highest BCUT2D eigenvalue weighted by Gasteiger charge is 2.19. The Bertz CT molecular complexity index is 1000. The van der Waals surface area contributed by atoms with Gasteiger partial charge in [-0.1, -0.05) is 62.2 Å². The predicted molar refractivity (Wildman–Crippen MR) is 117 cm³/mol. The summed E-state index contributed by atoms with van der Waals surface area (Å²) in [6.45, 7) is 0.128. The van der Waals surface area contributed by atoms with Gasteiger partial charge in [-0.15, -0.1) is 0 Å². The van der Waals surface area contributed by atoms with Crippen molar-refractivity contribution < 1.29 is 19.1 Å². The molecule has 0 saturated carbocycles. The third-order valence-corrected chi connectivity index (χ3v) is 5.40. The number of fused-ring (bicyclic) bond motifs is 1. The Balaban J connectivity index is 1.45. The molecule has 2 aromatic carbocycles. The number of benzene rings is 2. The van der Waals surface area contributed by atoms with Gasteiger partial charge in [-0.3, -0.25) is 9.59 Å². The summed E-state index contributed by atoms with van der Waals surface area (Å²) in [5, 5.41) is 0.973. The number of halogens is 2. The number of hydrogen-bond acceptors (Lipinski definition) is 5. The SMILES string of the molecule is NC(Cc1c[nH]c2cc(Br)cc(Br)c12)C(=O)OCCC(=O)OCc1ccccc1. The summed E-state index contributed by atoms with van der Waals surface area (Å²) in [5.41, 5.74) is 8.74. The molecule has 0 aliphatic carbocycles. The van der Waals surface area contributed by atoms with Gasteiger partial charge >= 0.3 is 11.9 Å². The molecule has 1 unspecified atom stereocenters. The molecule has 0 aliphatic heterocycles. The number of nitrogens with two attached hydrogens (primary N) is 1. The summed E-state index contributed by atoms with van der Waals surface area (Å²) >= 11 is 6.98. The molecule has 0 amide bonds. The van der Waals surface area contributed by atoms with Crippen molar-refractivity contribution in [3.8, 4) is 0 Å². The van der Waals surface area contributed by atoms with Crippen molar-refractivity contribution in [2.75, 3.05) is 6.61 Å². The van der Waals surface area contributed by atoms with Crippen LogP contribution in [0.2, 0.25) is 0 Å². The standard InChI is InChI=1S/C21H20Br2N2O4/c22-15-9-16(23)20-14(11-25-18(20)10-15)8-17(24)21(27)28-7-6-19(26)29-12-13-4-2-1-3-5-13/h1-5,9-11,17,25H,6-8,12,24H2. The Morgan fingerprint density at radius 2 is 1.86 bits per heavy atom. The molecule has 8 heteroatoms. The lowest BCUT2D eigenvalue weighted by molar-refractivity contribution is -0.150. The number of aromatic nitrogens is 1. The molecule has 3 N–H and O–H groups in total. The second kappa shape index (κ2) is 10.0. The Labute approximate surface area is 185 Å². The summed E-state index contributed by atoms with van der Waals surface area (Å²) < 4.78 is 12.1. The summed E-state index contributed by atoms with van der Waals surface area (Å²) in [4.78, 5) is 27.1. The Morgan fingerprint density at radius 3 is 2.62 bits per heavy atom. The van der Waals surface area contributed by atoms with Crippen LogP contribution in [0.1, 0.15) is 17.5 Å². The maximum absolute atomic E-state index is 12.2. The van der Waals surface area contributed by atoms with E-state index in [1.54, 1.807) is 0 Å². The van der Waals surface area contributed by atoms with Crippen LogP contribution in [0.5, 0.6) is 0 Å². The zero-order valence-corrected chi connectivity index (χ0v) is 18.7. The van der Waals surface area contributed by atoms with Gasteiger partial charge in [0.05, 0.1) is 6.42 Å². The fraction of sp³-hybridized carbons (Fsp3) is 0.238. The molecule has 0 fully saturated rings. The normalized spacial score (nSPS) is 12.0. The van der Waals surface area contributed by atoms with E-state index in [-0.39, 0.29) is 19.6 Å². The fourth-order valence-electron chi connectivity index (χ4n) is 2.88. The van der Waals surface area contributed by atoms with Crippen molar-refractivity contribution in [3.63, 3.8) is 0 Å². The zero-order chi connectivity index (χ0) is 20.8. The van der Waals surface area contributed by atoms with Crippen LogP contribution in [0.3, 0.4) is 0 Å². The third-order valence-electron chi connectivity index (χ3n) is 4.31. The van der Waals surface area contributed by atoms with Crippen LogP contribution in [0.4, 0.5) is 0 Å². The van der Waals surface area contributed by atoms with Gasteiger partial charge in [0.25, 0.3) is 0 Å². The number of esters is 2. The Morgan fingerprint density at radius 1 is 1.10 bits per heavy atom. The molecular weight excluding hydrogens is 504 g/mol. The first kappa shape index (κ1) is 21.5. The summed E-state index contributed by atoms with van der Waals surface area (Å²) in [7, 11) is 0. The first-order chi connectivity index (χ1) is 13.9. The molecule has 3 rings (SSSR count). The molecule has 3 aromatic rings. The fourth-order valence-corrected chi connectivity index (χ4v) is 4.36. The number of ether oxygens (including phenoxy) is 2. The number of aromatic amines is 1. The van der Waals surface area contributed by atoms with E-state index in [2.05, 4.69) is 36.8 Å². The molecule has 0 aliphatic rings. The number of carbonyl (C=O) groups excluding carboxylic acids is 2. The average molecular weight is 524 g/mol. The van der Waals surface area contributed by atoms with Crippen molar-refractivity contribution in [1.82, 2.24) is 4.98 Å². The summed E-state index contributed by atoms with van der Waals surface area (Å²) in [6.07, 6.45) is 2.13. The van der Waals surface area contributed by atoms with Crippen LogP contribution in [-0.4, -0.2) is 29.6 Å². The minimum Gasteiger partial charge on any atom is -0.464 e. The smallest absolute Gasteiger partial charge is 0.323 e. The lowest BCUT2D eigenvalue weighted by Gasteiger charge is -2.11. The van der Waals surface area contributed by atoms with Crippen molar-refractivity contribution in [2.45, 2.75) is 25.5 Å². The van der Waals surface area contributed by atoms with Crippen LogP contribution in [0.25, 0.3) is 10.9 Å². The van der Waals surface area contributed by atoms with Gasteiger partial charge in [-0.25, -0.2) is 0 Å². The third kappa shape index (κ3) is 5.91. The highest BCUT2D eigenvalue weighted by molar-refractivity contribution is 9.11. The quantitative estimate of drug-likeness (QED) is 0.431. The second-order valence-electron chi connectivity index (χ2n) is 6.50. The molecule has 0 radical (unpaired) electrons. The minimum absolute atomic E-state index is 0.0159. The molecule has 1 atom stereocenters. The molecule has 0 spiro atoms. The van der Waals surface area contributed by atoms with Gasteiger partial charge in [0.1, 0.15) is 19.3 Å². The van der Waals surface area contributed by atoms with Crippen LogP contribution >= 0.6 is 31.9 Å². The van der Waals surface area contributed by atoms with Gasteiger partial charge in [0.15, 0.2) is 0 Å². The molecule has 6 nitrogen and oxygen atoms in total. The average Bonchev–Trinajstić information content (AvgIpc) is 3.09. The number of nitrogens with one attached hydrogen (secondary N) is 1. The van der Waals surface area contributed by atoms with E-state index in [0.29, 0.717) is 6.42 Å². The van der Waals surface area contributed by atoms with Gasteiger partial charge in [-0.05, 0) is 23.3 Å². The van der Waals surface area contributed by atoms with E-state index in [0.717, 1.165) is 31.0 Å². The first-order valence-electron chi connectivity index (χ1n) is 9.01. The van der Waals surface area contributed by atoms with Crippen molar-refractivity contribution in [2.24, 2.45) is 5.73 Å². The number of carbonyl (C=O) groups is 2. The van der Waals surface area contributed by atoms with Crippen molar-refractivity contribution in [1.29, 1.82) is 0 Å². The monoisotopic (exact) mass is 522 g/mol. The van der Waals surface area contributed by atoms with E-state index >= 15 is 0 Å². The maximum atomic E-state index is 12.2. The van der Waals surface area contributed by atoms with E-state index < -0.39 is 18.0 Å². The Kier molecular flexibility index (Phi) is 7.46. The van der Waals surface area contributed by atoms with Crippen molar-refractivity contribution in [3.05, 3.63) is 68.7 Å². The van der Waals surface area contributed by atoms with Crippen LogP contribution in [0.15, 0.2) is 57.6 Å². The van der Waals surface area contributed by atoms with Gasteiger partial charge in [0, 0.05) is 32.5 Å². The molecule has 0 saturated heterocycles. The van der Waals surface area contributed by atoms with E-state index in [1.165, 1.54) is 0 Å². The van der Waals surface area contributed by atoms with E-state index in [1.807, 2.05) is 48.7 Å².